The van der Waals surface area contributed by atoms with Gasteiger partial charge in [-0.25, -0.2) is 4.68 Å². The molecule has 0 saturated carbocycles. The minimum atomic E-state index is 0.707. The van der Waals surface area contributed by atoms with Crippen LogP contribution in [0, 0.1) is 0 Å². The van der Waals surface area contributed by atoms with Crippen LogP contribution in [0.15, 0.2) is 24.3 Å². The van der Waals surface area contributed by atoms with Crippen molar-refractivity contribution in [1.29, 1.82) is 0 Å². The third-order valence-corrected chi connectivity index (χ3v) is 2.82. The van der Waals surface area contributed by atoms with Gasteiger partial charge in [0.05, 0.1) is 0 Å². The largest absolute Gasteiger partial charge is 0.354 e. The first-order chi connectivity index (χ1) is 7.83. The van der Waals surface area contributed by atoms with Crippen LogP contribution in [0.3, 0.4) is 0 Å². The molecular weight excluding hydrogens is 224 g/mol. The van der Waals surface area contributed by atoms with Crippen molar-refractivity contribution >= 4 is 17.5 Å². The molecule has 0 radical (unpaired) electrons. The normalized spacial score (nSPS) is 14.3. The molecule has 4 nitrogen and oxygen atoms in total. The van der Waals surface area contributed by atoms with Crippen molar-refractivity contribution in [1.82, 2.24) is 14.8 Å². The van der Waals surface area contributed by atoms with Gasteiger partial charge in [-0.2, -0.15) is 4.98 Å². The van der Waals surface area contributed by atoms with Gasteiger partial charge in [0.15, 0.2) is 5.82 Å². The molecule has 1 aromatic heterocycles. The van der Waals surface area contributed by atoms with E-state index in [0.717, 1.165) is 36.8 Å². The molecular formula is C11H11ClN4. The van der Waals surface area contributed by atoms with Crippen LogP contribution in [0.2, 0.25) is 5.02 Å². The summed E-state index contributed by atoms with van der Waals surface area (Å²) in [6.45, 7) is 1.89. The zero-order valence-corrected chi connectivity index (χ0v) is 9.41. The Hall–Kier alpha value is -1.55. The average molecular weight is 235 g/mol. The van der Waals surface area contributed by atoms with Gasteiger partial charge in [0.2, 0.25) is 5.95 Å². The minimum Gasteiger partial charge on any atom is -0.354 e. The Labute approximate surface area is 98.3 Å². The van der Waals surface area contributed by atoms with Crippen LogP contribution in [0.4, 0.5) is 5.95 Å². The van der Waals surface area contributed by atoms with Crippen LogP contribution in [-0.2, 0) is 6.54 Å². The number of hydrogen-bond acceptors (Lipinski definition) is 3. The lowest BCUT2D eigenvalue weighted by molar-refractivity contribution is 0.566. The number of anilines is 1. The molecule has 82 valence electrons. The molecule has 0 amide bonds. The molecule has 0 unspecified atom stereocenters. The first-order valence-corrected chi connectivity index (χ1v) is 5.65. The summed E-state index contributed by atoms with van der Waals surface area (Å²) < 4.78 is 1.90. The maximum atomic E-state index is 5.94. The molecule has 3 rings (SSSR count). The Balaban J connectivity index is 2.03. The highest BCUT2D eigenvalue weighted by atomic mass is 35.5. The van der Waals surface area contributed by atoms with Crippen molar-refractivity contribution < 1.29 is 0 Å². The molecule has 2 aromatic rings. The molecule has 0 aliphatic carbocycles. The highest BCUT2D eigenvalue weighted by Crippen LogP contribution is 2.22. The molecule has 1 aromatic carbocycles. The van der Waals surface area contributed by atoms with Gasteiger partial charge in [-0.15, -0.1) is 5.10 Å². The molecule has 1 aliphatic heterocycles. The van der Waals surface area contributed by atoms with E-state index in [0.29, 0.717) is 5.02 Å². The van der Waals surface area contributed by atoms with Crippen LogP contribution < -0.4 is 5.32 Å². The van der Waals surface area contributed by atoms with E-state index in [4.69, 9.17) is 11.6 Å². The minimum absolute atomic E-state index is 0.707. The van der Waals surface area contributed by atoms with Crippen molar-refractivity contribution in [3.05, 3.63) is 29.3 Å². The Morgan fingerprint density at radius 3 is 3.12 bits per heavy atom. The number of rotatable bonds is 1. The van der Waals surface area contributed by atoms with Gasteiger partial charge in [0, 0.05) is 23.7 Å². The lowest BCUT2D eigenvalue weighted by atomic mass is 10.2. The summed E-state index contributed by atoms with van der Waals surface area (Å²) in [4.78, 5) is 4.44. The molecule has 16 heavy (non-hydrogen) atoms. The maximum Gasteiger partial charge on any atom is 0.221 e. The van der Waals surface area contributed by atoms with Crippen molar-refractivity contribution in [3.63, 3.8) is 0 Å². The highest BCUT2D eigenvalue weighted by Gasteiger charge is 2.14. The number of halogens is 1. The fourth-order valence-corrected chi connectivity index (χ4v) is 2.00. The van der Waals surface area contributed by atoms with Crippen LogP contribution in [0.25, 0.3) is 11.4 Å². The summed E-state index contributed by atoms with van der Waals surface area (Å²) in [7, 11) is 0. The van der Waals surface area contributed by atoms with Gasteiger partial charge in [-0.05, 0) is 18.6 Å². The quantitative estimate of drug-likeness (QED) is 0.824. The van der Waals surface area contributed by atoms with Gasteiger partial charge in [-0.1, -0.05) is 23.7 Å². The summed E-state index contributed by atoms with van der Waals surface area (Å²) in [5.41, 5.74) is 0.955. The molecule has 1 N–H and O–H groups in total. The second kappa shape index (κ2) is 3.79. The number of fused-ring (bicyclic) bond motifs is 1. The maximum absolute atomic E-state index is 5.94. The lowest BCUT2D eigenvalue weighted by Gasteiger charge is -2.12. The summed E-state index contributed by atoms with van der Waals surface area (Å²) in [5, 5.41) is 8.38. The predicted octanol–water partition coefficient (Wildman–Crippen LogP) is 2.41. The number of hydrogen-bond donors (Lipinski definition) is 1. The third-order valence-electron chi connectivity index (χ3n) is 2.58. The van der Waals surface area contributed by atoms with E-state index in [2.05, 4.69) is 15.4 Å². The summed E-state index contributed by atoms with van der Waals surface area (Å²) in [6.07, 6.45) is 1.09. The van der Waals surface area contributed by atoms with Crippen LogP contribution in [-0.4, -0.2) is 21.3 Å². The topological polar surface area (TPSA) is 42.7 Å². The van der Waals surface area contributed by atoms with Gasteiger partial charge in [0.1, 0.15) is 0 Å². The molecule has 0 bridgehead atoms. The van der Waals surface area contributed by atoms with Crippen LogP contribution in [0.1, 0.15) is 6.42 Å². The molecule has 2 heterocycles. The van der Waals surface area contributed by atoms with E-state index < -0.39 is 0 Å². The average Bonchev–Trinajstić information content (AvgIpc) is 2.72. The van der Waals surface area contributed by atoms with E-state index in [9.17, 15) is 0 Å². The Morgan fingerprint density at radius 1 is 1.38 bits per heavy atom. The van der Waals surface area contributed by atoms with Gasteiger partial charge >= 0.3 is 0 Å². The summed E-state index contributed by atoms with van der Waals surface area (Å²) >= 11 is 5.94. The summed E-state index contributed by atoms with van der Waals surface area (Å²) in [6, 6.07) is 7.60. The number of aromatic nitrogens is 3. The van der Waals surface area contributed by atoms with E-state index in [1.807, 2.05) is 28.9 Å². The van der Waals surface area contributed by atoms with Crippen LogP contribution >= 0.6 is 11.6 Å². The number of nitrogens with one attached hydrogen (secondary N) is 1. The smallest absolute Gasteiger partial charge is 0.221 e. The first-order valence-electron chi connectivity index (χ1n) is 5.27. The fraction of sp³-hybridized carbons (Fsp3) is 0.273. The Kier molecular flexibility index (Phi) is 2.29. The predicted molar refractivity (Wildman–Crippen MR) is 63.6 cm³/mol. The van der Waals surface area contributed by atoms with E-state index >= 15 is 0 Å². The lowest BCUT2D eigenvalue weighted by Crippen LogP contribution is -2.17. The van der Waals surface area contributed by atoms with Gasteiger partial charge < -0.3 is 5.32 Å². The number of benzene rings is 1. The van der Waals surface area contributed by atoms with Gasteiger partial charge in [-0.3, -0.25) is 0 Å². The van der Waals surface area contributed by atoms with E-state index in [1.165, 1.54) is 0 Å². The highest BCUT2D eigenvalue weighted by molar-refractivity contribution is 6.30. The van der Waals surface area contributed by atoms with Gasteiger partial charge in [0.25, 0.3) is 0 Å². The number of aryl methyl sites for hydroxylation is 1. The Bertz CT molecular complexity index is 497. The molecule has 0 saturated heterocycles. The monoisotopic (exact) mass is 234 g/mol. The molecule has 0 spiro atoms. The Morgan fingerprint density at radius 2 is 2.31 bits per heavy atom. The second-order valence-corrected chi connectivity index (χ2v) is 4.21. The zero-order chi connectivity index (χ0) is 11.0. The van der Waals surface area contributed by atoms with E-state index in [1.54, 1.807) is 0 Å². The van der Waals surface area contributed by atoms with E-state index in [-0.39, 0.29) is 0 Å². The third kappa shape index (κ3) is 1.65. The zero-order valence-electron chi connectivity index (χ0n) is 8.65. The number of nitrogens with zero attached hydrogens (tertiary/aromatic N) is 3. The molecule has 1 aliphatic rings. The van der Waals surface area contributed by atoms with Crippen molar-refractivity contribution in [2.24, 2.45) is 0 Å². The molecule has 5 heteroatoms. The van der Waals surface area contributed by atoms with Crippen molar-refractivity contribution in [3.8, 4) is 11.4 Å². The first kappa shape index (κ1) is 9.66. The van der Waals surface area contributed by atoms with Crippen LogP contribution in [0.5, 0.6) is 0 Å². The fourth-order valence-electron chi connectivity index (χ4n) is 1.81. The standard InChI is InChI=1S/C11H11ClN4/c12-9-4-1-3-8(7-9)10-14-11-13-5-2-6-16(11)15-10/h1,3-4,7H,2,5-6H2,(H,13,14,15). The SMILES string of the molecule is Clc1cccc(-c2nc3n(n2)CCCN3)c1. The van der Waals surface area contributed by atoms with Crippen molar-refractivity contribution in [2.75, 3.05) is 11.9 Å². The molecule has 0 atom stereocenters. The van der Waals surface area contributed by atoms with Crippen molar-refractivity contribution in [2.45, 2.75) is 13.0 Å². The molecule has 0 fully saturated rings. The second-order valence-electron chi connectivity index (χ2n) is 3.77. The summed E-state index contributed by atoms with van der Waals surface area (Å²) in [5.74, 6) is 1.58.